The Morgan fingerprint density at radius 3 is 2.39 bits per heavy atom. The van der Waals surface area contributed by atoms with Crippen molar-refractivity contribution < 1.29 is 4.79 Å². The number of carbonyl (C=O) groups is 1. The Balaban J connectivity index is 1.71. The second-order valence-electron chi connectivity index (χ2n) is 9.44. The molecule has 0 atom stereocenters. The van der Waals surface area contributed by atoms with Gasteiger partial charge in [0.1, 0.15) is 6.29 Å². The molecule has 158 valence electrons. The summed E-state index contributed by atoms with van der Waals surface area (Å²) in [5.74, 6) is 0.613. The third-order valence-corrected chi connectivity index (χ3v) is 7.59. The molecule has 3 heteroatoms. The van der Waals surface area contributed by atoms with Gasteiger partial charge in [0.25, 0.3) is 0 Å². The fraction of sp³-hybridized carbons (Fsp3) is 0.393. The van der Waals surface area contributed by atoms with Crippen LogP contribution in [0.3, 0.4) is 0 Å². The fourth-order valence-electron chi connectivity index (χ4n) is 6.14. The highest BCUT2D eigenvalue weighted by Crippen LogP contribution is 2.45. The Morgan fingerprint density at radius 1 is 0.774 bits per heavy atom. The lowest BCUT2D eigenvalue weighted by atomic mass is 9.82. The van der Waals surface area contributed by atoms with E-state index in [-0.39, 0.29) is 0 Å². The van der Waals surface area contributed by atoms with Gasteiger partial charge in [-0.2, -0.15) is 0 Å². The summed E-state index contributed by atoms with van der Waals surface area (Å²) in [7, 11) is 0. The van der Waals surface area contributed by atoms with Crippen LogP contribution in [0.5, 0.6) is 0 Å². The second-order valence-corrected chi connectivity index (χ2v) is 9.44. The number of aldehydes is 1. The molecule has 0 radical (unpaired) electrons. The quantitative estimate of drug-likeness (QED) is 0.318. The molecule has 0 N–H and O–H groups in total. The van der Waals surface area contributed by atoms with Crippen molar-refractivity contribution in [3.05, 3.63) is 59.7 Å². The van der Waals surface area contributed by atoms with Crippen molar-refractivity contribution in [2.24, 2.45) is 0 Å². The molecule has 3 heterocycles. The predicted molar refractivity (Wildman–Crippen MR) is 128 cm³/mol. The van der Waals surface area contributed by atoms with Crippen molar-refractivity contribution in [1.82, 2.24) is 9.13 Å². The molecule has 3 nitrogen and oxygen atoms in total. The SMILES string of the molecule is O=Cc1ccc2c(C3CCCCC3)c3n(c2c1)CCCCCn1c-3cc2ccccc21. The molecule has 0 bridgehead atoms. The van der Waals surface area contributed by atoms with E-state index in [0.717, 1.165) is 24.9 Å². The summed E-state index contributed by atoms with van der Waals surface area (Å²) in [6.07, 6.45) is 11.2. The minimum absolute atomic E-state index is 0.613. The van der Waals surface area contributed by atoms with E-state index < -0.39 is 0 Å². The van der Waals surface area contributed by atoms with Crippen LogP contribution in [0, 0.1) is 0 Å². The van der Waals surface area contributed by atoms with Crippen LogP contribution in [-0.4, -0.2) is 15.4 Å². The zero-order valence-corrected chi connectivity index (χ0v) is 18.1. The Hall–Kier alpha value is -2.81. The van der Waals surface area contributed by atoms with Crippen molar-refractivity contribution in [2.75, 3.05) is 0 Å². The highest BCUT2D eigenvalue weighted by atomic mass is 16.1. The first-order valence-electron chi connectivity index (χ1n) is 12.0. The number of rotatable bonds is 2. The van der Waals surface area contributed by atoms with Crippen molar-refractivity contribution in [3.8, 4) is 11.4 Å². The molecule has 1 aliphatic heterocycles. The minimum Gasteiger partial charge on any atom is -0.339 e. The largest absolute Gasteiger partial charge is 0.339 e. The van der Waals surface area contributed by atoms with Gasteiger partial charge in [0, 0.05) is 40.5 Å². The van der Waals surface area contributed by atoms with Crippen LogP contribution in [0.1, 0.15) is 73.2 Å². The monoisotopic (exact) mass is 410 g/mol. The topological polar surface area (TPSA) is 26.9 Å². The number of aryl methyl sites for hydroxylation is 2. The van der Waals surface area contributed by atoms with Gasteiger partial charge in [0.05, 0.1) is 11.4 Å². The molecular weight excluding hydrogens is 380 g/mol. The van der Waals surface area contributed by atoms with E-state index in [1.165, 1.54) is 90.1 Å². The van der Waals surface area contributed by atoms with E-state index in [1.807, 2.05) is 6.07 Å². The first-order chi connectivity index (χ1) is 15.3. The van der Waals surface area contributed by atoms with E-state index in [9.17, 15) is 4.79 Å². The maximum absolute atomic E-state index is 11.6. The molecular formula is C28H30N2O. The second kappa shape index (κ2) is 7.71. The molecule has 1 aliphatic carbocycles. The summed E-state index contributed by atoms with van der Waals surface area (Å²) in [6, 6.07) is 17.6. The van der Waals surface area contributed by atoms with Crippen LogP contribution in [0.15, 0.2) is 48.5 Å². The predicted octanol–water partition coefficient (Wildman–Crippen LogP) is 7.31. The number of aromatic nitrogens is 2. The molecule has 2 aromatic heterocycles. The molecule has 0 saturated heterocycles. The van der Waals surface area contributed by atoms with Gasteiger partial charge in [-0.25, -0.2) is 0 Å². The van der Waals surface area contributed by atoms with Crippen molar-refractivity contribution in [2.45, 2.75) is 70.4 Å². The number of nitrogens with zero attached hydrogens (tertiary/aromatic N) is 2. The fourth-order valence-corrected chi connectivity index (χ4v) is 6.14. The van der Waals surface area contributed by atoms with Gasteiger partial charge >= 0.3 is 0 Å². The van der Waals surface area contributed by atoms with E-state index in [1.54, 1.807) is 0 Å². The lowest BCUT2D eigenvalue weighted by molar-refractivity contribution is 0.112. The van der Waals surface area contributed by atoms with Crippen LogP contribution in [0.2, 0.25) is 0 Å². The Kier molecular flexibility index (Phi) is 4.70. The molecule has 0 spiro atoms. The Labute approximate surface area is 183 Å². The maximum Gasteiger partial charge on any atom is 0.150 e. The van der Waals surface area contributed by atoms with Crippen LogP contribution < -0.4 is 0 Å². The highest BCUT2D eigenvalue weighted by Gasteiger charge is 2.28. The van der Waals surface area contributed by atoms with Crippen LogP contribution in [0.25, 0.3) is 33.2 Å². The van der Waals surface area contributed by atoms with Gasteiger partial charge in [0.15, 0.2) is 0 Å². The molecule has 0 unspecified atom stereocenters. The lowest BCUT2D eigenvalue weighted by Gasteiger charge is -2.24. The first-order valence-corrected chi connectivity index (χ1v) is 12.0. The zero-order valence-electron chi connectivity index (χ0n) is 18.1. The molecule has 31 heavy (non-hydrogen) atoms. The van der Waals surface area contributed by atoms with Gasteiger partial charge in [-0.1, -0.05) is 49.6 Å². The molecule has 6 rings (SSSR count). The van der Waals surface area contributed by atoms with Gasteiger partial charge in [-0.15, -0.1) is 0 Å². The summed E-state index contributed by atoms with van der Waals surface area (Å²) in [6.45, 7) is 2.11. The zero-order chi connectivity index (χ0) is 20.8. The summed E-state index contributed by atoms with van der Waals surface area (Å²) in [5, 5.41) is 2.70. The number of benzene rings is 2. The van der Waals surface area contributed by atoms with Crippen LogP contribution in [0.4, 0.5) is 0 Å². The van der Waals surface area contributed by atoms with Gasteiger partial charge in [-0.05, 0) is 61.8 Å². The summed E-state index contributed by atoms with van der Waals surface area (Å²) in [5.41, 5.74) is 7.70. The molecule has 1 fully saturated rings. The third kappa shape index (κ3) is 3.05. The van der Waals surface area contributed by atoms with E-state index in [4.69, 9.17) is 0 Å². The van der Waals surface area contributed by atoms with Gasteiger partial charge < -0.3 is 9.13 Å². The van der Waals surface area contributed by atoms with Crippen molar-refractivity contribution >= 4 is 28.1 Å². The van der Waals surface area contributed by atoms with Crippen LogP contribution in [-0.2, 0) is 13.1 Å². The number of para-hydroxylation sites is 1. The van der Waals surface area contributed by atoms with Crippen LogP contribution >= 0.6 is 0 Å². The third-order valence-electron chi connectivity index (χ3n) is 7.59. The normalized spacial score (nSPS) is 17.7. The van der Waals surface area contributed by atoms with E-state index >= 15 is 0 Å². The molecule has 4 aromatic rings. The molecule has 2 aromatic carbocycles. The summed E-state index contributed by atoms with van der Waals surface area (Å²) in [4.78, 5) is 11.6. The first kappa shape index (κ1) is 18.9. The maximum atomic E-state index is 11.6. The van der Waals surface area contributed by atoms with Gasteiger partial charge in [-0.3, -0.25) is 4.79 Å². The van der Waals surface area contributed by atoms with Gasteiger partial charge in [0.2, 0.25) is 0 Å². The summed E-state index contributed by atoms with van der Waals surface area (Å²) < 4.78 is 5.13. The summed E-state index contributed by atoms with van der Waals surface area (Å²) >= 11 is 0. The smallest absolute Gasteiger partial charge is 0.150 e. The molecule has 2 aliphatic rings. The molecule has 1 saturated carbocycles. The molecule has 0 amide bonds. The number of carbonyl (C=O) groups excluding carboxylic acids is 1. The number of hydrogen-bond acceptors (Lipinski definition) is 1. The number of hydrogen-bond donors (Lipinski definition) is 0. The lowest BCUT2D eigenvalue weighted by Crippen LogP contribution is -2.09. The Bertz CT molecular complexity index is 1270. The van der Waals surface area contributed by atoms with E-state index in [0.29, 0.717) is 5.92 Å². The van der Waals surface area contributed by atoms with Crippen molar-refractivity contribution in [3.63, 3.8) is 0 Å². The Morgan fingerprint density at radius 2 is 1.55 bits per heavy atom. The van der Waals surface area contributed by atoms with E-state index in [2.05, 4.69) is 51.6 Å². The standard InChI is InChI=1S/C28H30N2O/c31-19-20-13-14-23-25(17-20)30-16-8-2-7-15-29-24-12-6-5-11-22(24)18-26(29)28(30)27(23)21-9-3-1-4-10-21/h5-6,11-14,17-19,21H,1-4,7-10,15-16H2. The number of fused-ring (bicyclic) bond motifs is 7. The van der Waals surface area contributed by atoms with Crippen molar-refractivity contribution in [1.29, 1.82) is 0 Å². The average Bonchev–Trinajstić information content (AvgIpc) is 3.35. The minimum atomic E-state index is 0.613. The highest BCUT2D eigenvalue weighted by molar-refractivity contribution is 5.97. The average molecular weight is 411 g/mol.